The molecule has 0 unspecified atom stereocenters. The van der Waals surface area contributed by atoms with E-state index >= 15 is 0 Å². The topological polar surface area (TPSA) is 40.5 Å². The molecule has 0 fully saturated rings. The molecule has 0 aromatic carbocycles. The molecule has 0 aromatic heterocycles. The quantitative estimate of drug-likeness (QED) is 0.566. The maximum absolute atomic E-state index is 9.51. The van der Waals surface area contributed by atoms with Gasteiger partial charge in [-0.2, -0.15) is 12.6 Å². The highest BCUT2D eigenvalue weighted by Gasteiger charge is 2.27. The minimum atomic E-state index is -0.532. The summed E-state index contributed by atoms with van der Waals surface area (Å²) in [6.07, 6.45) is 0.205. The van der Waals surface area contributed by atoms with Crippen molar-refractivity contribution < 1.29 is 10.2 Å². The van der Waals surface area contributed by atoms with Crippen LogP contribution in [-0.4, -0.2) is 27.2 Å². The number of hydrogen-bond acceptors (Lipinski definition) is 3. The van der Waals surface area contributed by atoms with Crippen LogP contribution in [0.15, 0.2) is 0 Å². The lowest BCUT2D eigenvalue weighted by Crippen LogP contribution is -2.35. The number of aliphatic hydroxyl groups is 2. The number of thiol groups is 1. The van der Waals surface area contributed by atoms with Crippen LogP contribution in [-0.2, 0) is 0 Å². The summed E-state index contributed by atoms with van der Waals surface area (Å²) in [6.45, 7) is 5.52. The van der Waals surface area contributed by atoms with Crippen molar-refractivity contribution in [2.24, 2.45) is 0 Å². The van der Waals surface area contributed by atoms with Crippen molar-refractivity contribution in [3.63, 3.8) is 0 Å². The molecule has 68 valence electrons. The van der Waals surface area contributed by atoms with E-state index in [2.05, 4.69) is 12.6 Å². The molecule has 0 radical (unpaired) electrons. The molecule has 0 aliphatic carbocycles. The van der Waals surface area contributed by atoms with Crippen LogP contribution >= 0.6 is 12.6 Å². The SMILES string of the molecule is CC[C@@](C)(S)[C@@H](O)C[C@@H](C)O. The molecule has 0 heterocycles. The molecule has 0 aliphatic heterocycles. The molecule has 2 nitrogen and oxygen atoms in total. The van der Waals surface area contributed by atoms with Gasteiger partial charge in [0.1, 0.15) is 0 Å². The fourth-order valence-corrected chi connectivity index (χ4v) is 0.918. The Morgan fingerprint density at radius 2 is 1.91 bits per heavy atom. The van der Waals surface area contributed by atoms with Crippen molar-refractivity contribution in [3.05, 3.63) is 0 Å². The zero-order valence-electron chi connectivity index (χ0n) is 7.41. The lowest BCUT2D eigenvalue weighted by atomic mass is 9.96. The molecule has 3 atom stereocenters. The summed E-state index contributed by atoms with van der Waals surface area (Å²) < 4.78 is -0.378. The van der Waals surface area contributed by atoms with Crippen molar-refractivity contribution in [2.45, 2.75) is 50.6 Å². The highest BCUT2D eigenvalue weighted by Crippen LogP contribution is 2.25. The summed E-state index contributed by atoms with van der Waals surface area (Å²) in [4.78, 5) is 0. The van der Waals surface area contributed by atoms with Crippen LogP contribution < -0.4 is 0 Å². The first-order valence-corrected chi connectivity index (χ1v) is 4.43. The minimum Gasteiger partial charge on any atom is -0.393 e. The zero-order valence-corrected chi connectivity index (χ0v) is 8.30. The smallest absolute Gasteiger partial charge is 0.0706 e. The van der Waals surface area contributed by atoms with Crippen LogP contribution in [0.25, 0.3) is 0 Å². The van der Waals surface area contributed by atoms with Crippen molar-refractivity contribution >= 4 is 12.6 Å². The summed E-state index contributed by atoms with van der Waals surface area (Å²) in [5.41, 5.74) is 0. The lowest BCUT2D eigenvalue weighted by Gasteiger charge is -2.28. The molecule has 0 saturated heterocycles. The van der Waals surface area contributed by atoms with Gasteiger partial charge in [-0.15, -0.1) is 0 Å². The Hall–Kier alpha value is 0.270. The van der Waals surface area contributed by atoms with Gasteiger partial charge in [-0.25, -0.2) is 0 Å². The predicted octanol–water partition coefficient (Wildman–Crippen LogP) is 1.22. The van der Waals surface area contributed by atoms with E-state index in [1.54, 1.807) is 6.92 Å². The number of aliphatic hydroxyl groups excluding tert-OH is 2. The number of rotatable bonds is 4. The molecular weight excluding hydrogens is 160 g/mol. The molecule has 0 spiro atoms. The molecule has 0 amide bonds. The summed E-state index contributed by atoms with van der Waals surface area (Å²) >= 11 is 4.30. The molecule has 2 N–H and O–H groups in total. The van der Waals surface area contributed by atoms with Crippen LogP contribution in [0.3, 0.4) is 0 Å². The van der Waals surface area contributed by atoms with Gasteiger partial charge in [0.05, 0.1) is 12.2 Å². The Morgan fingerprint density at radius 3 is 2.18 bits per heavy atom. The Labute approximate surface area is 74.0 Å². The molecule has 3 heteroatoms. The Bertz CT molecular complexity index is 113. The molecule has 0 bridgehead atoms. The average molecular weight is 178 g/mol. The van der Waals surface area contributed by atoms with Crippen molar-refractivity contribution in [2.75, 3.05) is 0 Å². The highest BCUT2D eigenvalue weighted by molar-refractivity contribution is 7.81. The van der Waals surface area contributed by atoms with E-state index in [4.69, 9.17) is 5.11 Å². The first-order chi connectivity index (χ1) is 4.90. The summed E-state index contributed by atoms with van der Waals surface area (Å²) in [5, 5.41) is 18.5. The third-order valence-electron chi connectivity index (χ3n) is 2.00. The van der Waals surface area contributed by atoms with Crippen molar-refractivity contribution in [3.8, 4) is 0 Å². The monoisotopic (exact) mass is 178 g/mol. The van der Waals surface area contributed by atoms with Gasteiger partial charge >= 0.3 is 0 Å². The van der Waals surface area contributed by atoms with Crippen LogP contribution in [0.1, 0.15) is 33.6 Å². The van der Waals surface area contributed by atoms with Crippen molar-refractivity contribution in [1.82, 2.24) is 0 Å². The summed E-state index contributed by atoms with van der Waals surface area (Å²) in [7, 11) is 0. The maximum Gasteiger partial charge on any atom is 0.0706 e. The summed E-state index contributed by atoms with van der Waals surface area (Å²) in [5.74, 6) is 0. The number of hydrogen-bond donors (Lipinski definition) is 3. The second-order valence-corrected chi connectivity index (χ2v) is 4.33. The van der Waals surface area contributed by atoms with E-state index in [1.165, 1.54) is 0 Å². The van der Waals surface area contributed by atoms with Gasteiger partial charge in [0.2, 0.25) is 0 Å². The van der Waals surface area contributed by atoms with Gasteiger partial charge in [0.25, 0.3) is 0 Å². The van der Waals surface area contributed by atoms with Gasteiger partial charge in [-0.3, -0.25) is 0 Å². The van der Waals surface area contributed by atoms with Gasteiger partial charge in [-0.1, -0.05) is 6.92 Å². The summed E-state index contributed by atoms with van der Waals surface area (Å²) in [6, 6.07) is 0. The van der Waals surface area contributed by atoms with Crippen molar-refractivity contribution in [1.29, 1.82) is 0 Å². The minimum absolute atomic E-state index is 0.378. The third kappa shape index (κ3) is 3.99. The zero-order chi connectivity index (χ0) is 9.07. The first-order valence-electron chi connectivity index (χ1n) is 3.98. The second kappa shape index (κ2) is 4.33. The fourth-order valence-electron chi connectivity index (χ4n) is 0.813. The predicted molar refractivity (Wildman–Crippen MR) is 50.0 cm³/mol. The largest absolute Gasteiger partial charge is 0.393 e. The van der Waals surface area contributed by atoms with E-state index < -0.39 is 12.2 Å². The van der Waals surface area contributed by atoms with Gasteiger partial charge < -0.3 is 10.2 Å². The van der Waals surface area contributed by atoms with Gasteiger partial charge in [0.15, 0.2) is 0 Å². The molecule has 11 heavy (non-hydrogen) atoms. The first kappa shape index (κ1) is 11.3. The van der Waals surface area contributed by atoms with Gasteiger partial charge in [-0.05, 0) is 20.3 Å². The van der Waals surface area contributed by atoms with Crippen LogP contribution in [0.2, 0.25) is 0 Å². The fraction of sp³-hybridized carbons (Fsp3) is 1.00. The van der Waals surface area contributed by atoms with E-state index in [0.29, 0.717) is 6.42 Å². The third-order valence-corrected chi connectivity index (χ3v) is 2.61. The Morgan fingerprint density at radius 1 is 1.45 bits per heavy atom. The normalized spacial score (nSPS) is 22.4. The molecule has 0 saturated carbocycles. The van der Waals surface area contributed by atoms with E-state index in [0.717, 1.165) is 6.42 Å². The van der Waals surface area contributed by atoms with E-state index in [1.807, 2.05) is 13.8 Å². The lowest BCUT2D eigenvalue weighted by molar-refractivity contribution is 0.0672. The van der Waals surface area contributed by atoms with E-state index in [-0.39, 0.29) is 4.75 Å². The van der Waals surface area contributed by atoms with Crippen LogP contribution in [0.5, 0.6) is 0 Å². The Kier molecular flexibility index (Phi) is 4.44. The average Bonchev–Trinajstić information content (AvgIpc) is 1.86. The molecule has 0 rings (SSSR count). The maximum atomic E-state index is 9.51. The Balaban J connectivity index is 3.90. The van der Waals surface area contributed by atoms with Gasteiger partial charge in [0, 0.05) is 11.2 Å². The van der Waals surface area contributed by atoms with Crippen LogP contribution in [0, 0.1) is 0 Å². The standard InChI is InChI=1S/C8H18O2S/c1-4-8(3,11)7(10)5-6(2)9/h6-7,9-11H,4-5H2,1-3H3/t6-,7+,8-/m1/s1. The molecular formula is C8H18O2S. The second-order valence-electron chi connectivity index (χ2n) is 3.31. The highest BCUT2D eigenvalue weighted by atomic mass is 32.1. The van der Waals surface area contributed by atoms with E-state index in [9.17, 15) is 5.11 Å². The molecule has 0 aliphatic rings. The molecule has 0 aromatic rings. The van der Waals surface area contributed by atoms with Crippen LogP contribution in [0.4, 0.5) is 0 Å².